The van der Waals surface area contributed by atoms with Crippen molar-refractivity contribution in [2.45, 2.75) is 132 Å². The summed E-state index contributed by atoms with van der Waals surface area (Å²) in [6.45, 7) is 31.1. The minimum atomic E-state index is 0.363. The highest BCUT2D eigenvalue weighted by Gasteiger charge is 2.20. The summed E-state index contributed by atoms with van der Waals surface area (Å²) in [5.41, 5.74) is 12.6. The molecule has 42 heavy (non-hydrogen) atoms. The summed E-state index contributed by atoms with van der Waals surface area (Å²) in [5, 5.41) is 0. The van der Waals surface area contributed by atoms with Gasteiger partial charge in [0.2, 0.25) is 0 Å². The lowest BCUT2D eigenvalue weighted by Crippen LogP contribution is -2.09. The van der Waals surface area contributed by atoms with Crippen molar-refractivity contribution in [3.63, 3.8) is 0 Å². The predicted octanol–water partition coefficient (Wildman–Crippen LogP) is 11.5. The van der Waals surface area contributed by atoms with Crippen molar-refractivity contribution in [1.29, 1.82) is 0 Å². The summed E-state index contributed by atoms with van der Waals surface area (Å²) in [7, 11) is 0. The molecule has 0 unspecified atom stereocenters. The molecule has 0 saturated heterocycles. The number of benzene rings is 2. The van der Waals surface area contributed by atoms with Gasteiger partial charge in [0.15, 0.2) is 5.82 Å². The van der Waals surface area contributed by atoms with Crippen molar-refractivity contribution in [2.75, 3.05) is 0 Å². The van der Waals surface area contributed by atoms with Gasteiger partial charge in [0.1, 0.15) is 0 Å². The topological polar surface area (TPSA) is 50.5 Å². The van der Waals surface area contributed by atoms with Gasteiger partial charge < -0.3 is 0 Å². The largest absolute Gasteiger partial charge is 0.251 e. The lowest BCUT2D eigenvalue weighted by atomic mass is 9.87. The Bertz CT molecular complexity index is 1290. The Kier molecular flexibility index (Phi) is 11.0. The molecule has 1 aromatic heterocycles. The SMILES string of the molecule is CC(=Nc1c(C(C)C)cc(C(C)C)cc1C(C)C)c1ccnc(C(C)=Nc2c(C(C)C)cc(C(C)C)cc2C(C)C)n1. The molecule has 3 rings (SSSR count). The van der Waals surface area contributed by atoms with Gasteiger partial charge in [-0.15, -0.1) is 0 Å². The normalized spacial score (nSPS) is 13.1. The van der Waals surface area contributed by atoms with E-state index in [1.165, 1.54) is 33.4 Å². The highest BCUT2D eigenvalue weighted by atomic mass is 14.9. The van der Waals surface area contributed by atoms with E-state index in [0.29, 0.717) is 41.3 Å². The molecule has 0 radical (unpaired) electrons. The van der Waals surface area contributed by atoms with E-state index in [1.54, 1.807) is 0 Å². The van der Waals surface area contributed by atoms with E-state index in [1.807, 2.05) is 19.2 Å². The number of aromatic nitrogens is 2. The maximum absolute atomic E-state index is 5.24. The third-order valence-electron chi connectivity index (χ3n) is 8.11. The van der Waals surface area contributed by atoms with E-state index in [9.17, 15) is 0 Å². The van der Waals surface area contributed by atoms with Crippen molar-refractivity contribution in [2.24, 2.45) is 9.98 Å². The van der Waals surface area contributed by atoms with E-state index >= 15 is 0 Å². The summed E-state index contributed by atoms with van der Waals surface area (Å²) in [5.74, 6) is 3.05. The van der Waals surface area contributed by atoms with Crippen LogP contribution in [0.5, 0.6) is 0 Å². The quantitative estimate of drug-likeness (QED) is 0.229. The molecule has 0 spiro atoms. The third kappa shape index (κ3) is 7.62. The molecule has 4 heteroatoms. The van der Waals surface area contributed by atoms with Gasteiger partial charge in [0.05, 0.1) is 28.5 Å². The molecule has 0 amide bonds. The zero-order valence-electron chi connectivity index (χ0n) is 28.7. The summed E-state index contributed by atoms with van der Waals surface area (Å²) < 4.78 is 0. The molecule has 4 nitrogen and oxygen atoms in total. The van der Waals surface area contributed by atoms with Crippen LogP contribution >= 0.6 is 0 Å². The van der Waals surface area contributed by atoms with Crippen molar-refractivity contribution in [3.8, 4) is 0 Å². The van der Waals surface area contributed by atoms with Crippen LogP contribution in [0.15, 0.2) is 46.5 Å². The maximum atomic E-state index is 5.24. The van der Waals surface area contributed by atoms with Crippen LogP contribution in [-0.2, 0) is 0 Å². The van der Waals surface area contributed by atoms with Crippen molar-refractivity contribution in [3.05, 3.63) is 81.4 Å². The fourth-order valence-corrected chi connectivity index (χ4v) is 5.27. The molecule has 0 bridgehead atoms. The second-order valence-corrected chi connectivity index (χ2v) is 13.7. The van der Waals surface area contributed by atoms with Crippen LogP contribution in [0.2, 0.25) is 0 Å². The van der Waals surface area contributed by atoms with E-state index < -0.39 is 0 Å². The minimum Gasteiger partial charge on any atom is -0.251 e. The van der Waals surface area contributed by atoms with Gasteiger partial charge in [0.25, 0.3) is 0 Å². The first kappa shape index (κ1) is 33.4. The number of aliphatic imine (C=N–C) groups is 2. The zero-order chi connectivity index (χ0) is 31.5. The van der Waals surface area contributed by atoms with Gasteiger partial charge >= 0.3 is 0 Å². The van der Waals surface area contributed by atoms with Crippen molar-refractivity contribution < 1.29 is 0 Å². The van der Waals surface area contributed by atoms with E-state index in [2.05, 4.69) is 119 Å². The lowest BCUT2D eigenvalue weighted by molar-refractivity contribution is 0.805. The van der Waals surface area contributed by atoms with Crippen LogP contribution in [0.1, 0.15) is 177 Å². The Morgan fingerprint density at radius 1 is 0.524 bits per heavy atom. The Morgan fingerprint density at radius 3 is 1.21 bits per heavy atom. The molecule has 3 aromatic rings. The fourth-order valence-electron chi connectivity index (χ4n) is 5.27. The number of hydrogen-bond acceptors (Lipinski definition) is 4. The average molecular weight is 567 g/mol. The summed E-state index contributed by atoms with van der Waals surface area (Å²) >= 11 is 0. The molecule has 2 aromatic carbocycles. The second kappa shape index (κ2) is 13.9. The number of nitrogens with zero attached hydrogens (tertiary/aromatic N) is 4. The van der Waals surface area contributed by atoms with Gasteiger partial charge in [-0.05, 0) is 88.8 Å². The fraction of sp³-hybridized carbons (Fsp3) is 0.526. The molecular weight excluding hydrogens is 512 g/mol. The van der Waals surface area contributed by atoms with Gasteiger partial charge in [-0.1, -0.05) is 107 Å². The first-order chi connectivity index (χ1) is 19.6. The van der Waals surface area contributed by atoms with Crippen LogP contribution in [-0.4, -0.2) is 21.4 Å². The molecule has 0 fully saturated rings. The lowest BCUT2D eigenvalue weighted by Gasteiger charge is -2.21. The highest BCUT2D eigenvalue weighted by Crippen LogP contribution is 2.39. The standard InChI is InChI=1S/C38H54N4/c1-21(2)29-17-31(23(5)6)36(32(18-29)24(7)8)40-27(13)35-15-16-39-38(42-35)28(14)41-37-33(25(9)10)19-30(22(3)4)20-34(37)26(11)12/h15-26H,1-14H3. The maximum Gasteiger partial charge on any atom is 0.174 e. The molecule has 0 atom stereocenters. The van der Waals surface area contributed by atoms with Crippen LogP contribution in [0.25, 0.3) is 0 Å². The Hall–Kier alpha value is -3.14. The van der Waals surface area contributed by atoms with Crippen LogP contribution < -0.4 is 0 Å². The van der Waals surface area contributed by atoms with Crippen LogP contribution in [0, 0.1) is 0 Å². The van der Waals surface area contributed by atoms with Crippen LogP contribution in [0.3, 0.4) is 0 Å². The zero-order valence-corrected chi connectivity index (χ0v) is 28.7. The average Bonchev–Trinajstić information content (AvgIpc) is 2.92. The van der Waals surface area contributed by atoms with E-state index in [-0.39, 0.29) is 0 Å². The second-order valence-electron chi connectivity index (χ2n) is 13.7. The van der Waals surface area contributed by atoms with Gasteiger partial charge in [0, 0.05) is 6.20 Å². The van der Waals surface area contributed by atoms with Gasteiger partial charge in [-0.25, -0.2) is 15.0 Å². The monoisotopic (exact) mass is 566 g/mol. The van der Waals surface area contributed by atoms with Crippen LogP contribution in [0.4, 0.5) is 11.4 Å². The summed E-state index contributed by atoms with van der Waals surface area (Å²) in [4.78, 5) is 20.1. The van der Waals surface area contributed by atoms with Crippen molar-refractivity contribution >= 4 is 22.8 Å². The molecule has 1 heterocycles. The predicted molar refractivity (Wildman–Crippen MR) is 183 cm³/mol. The third-order valence-corrected chi connectivity index (χ3v) is 8.11. The highest BCUT2D eigenvalue weighted by molar-refractivity contribution is 6.01. The molecule has 226 valence electrons. The molecule has 0 saturated carbocycles. The first-order valence-corrected chi connectivity index (χ1v) is 15.9. The molecule has 0 aliphatic heterocycles. The number of hydrogen-bond donors (Lipinski definition) is 0. The molecule has 0 N–H and O–H groups in total. The van der Waals surface area contributed by atoms with E-state index in [4.69, 9.17) is 15.0 Å². The molecule has 0 aliphatic rings. The summed E-state index contributed by atoms with van der Waals surface area (Å²) in [6.07, 6.45) is 1.83. The molecule has 0 aliphatic carbocycles. The van der Waals surface area contributed by atoms with Gasteiger partial charge in [-0.2, -0.15) is 0 Å². The van der Waals surface area contributed by atoms with Crippen molar-refractivity contribution in [1.82, 2.24) is 9.97 Å². The smallest absolute Gasteiger partial charge is 0.174 e. The minimum absolute atomic E-state index is 0.363. The Morgan fingerprint density at radius 2 is 0.881 bits per heavy atom. The number of rotatable bonds is 10. The Balaban J connectivity index is 2.15. The van der Waals surface area contributed by atoms with Gasteiger partial charge in [-0.3, -0.25) is 4.99 Å². The first-order valence-electron chi connectivity index (χ1n) is 15.9. The molecular formula is C38H54N4. The summed E-state index contributed by atoms with van der Waals surface area (Å²) in [6, 6.07) is 11.3. The Labute approximate surface area is 256 Å². The van der Waals surface area contributed by atoms with E-state index in [0.717, 1.165) is 28.5 Å².